The summed E-state index contributed by atoms with van der Waals surface area (Å²) in [5.41, 5.74) is 1.82. The van der Waals surface area contributed by atoms with Gasteiger partial charge in [0.15, 0.2) is 0 Å². The number of primary sulfonamides is 1. The number of nitrogens with zero attached hydrogens (tertiary/aromatic N) is 2. The van der Waals surface area contributed by atoms with Crippen molar-refractivity contribution >= 4 is 15.7 Å². The Labute approximate surface area is 126 Å². The summed E-state index contributed by atoms with van der Waals surface area (Å²) < 4.78 is 22.7. The summed E-state index contributed by atoms with van der Waals surface area (Å²) in [4.78, 5) is 2.42. The lowest BCUT2D eigenvalue weighted by Gasteiger charge is -2.22. The molecule has 1 aromatic carbocycles. The molecule has 0 bridgehead atoms. The molecule has 0 aromatic heterocycles. The van der Waals surface area contributed by atoms with Gasteiger partial charge in [0.25, 0.3) is 0 Å². The molecule has 1 aliphatic rings. The van der Waals surface area contributed by atoms with E-state index in [9.17, 15) is 8.42 Å². The molecule has 0 fully saturated rings. The van der Waals surface area contributed by atoms with Crippen molar-refractivity contribution < 1.29 is 8.42 Å². The predicted molar refractivity (Wildman–Crippen MR) is 82.4 cm³/mol. The maximum Gasteiger partial charge on any atom is 0.238 e. The second-order valence-corrected chi connectivity index (χ2v) is 7.73. The number of hydrogen-bond donors (Lipinski definition) is 1. The quantitative estimate of drug-likeness (QED) is 0.901. The van der Waals surface area contributed by atoms with E-state index in [1.54, 1.807) is 12.1 Å². The summed E-state index contributed by atoms with van der Waals surface area (Å²) >= 11 is 0. The highest BCUT2D eigenvalue weighted by molar-refractivity contribution is 7.89. The molecule has 5 nitrogen and oxygen atoms in total. The zero-order valence-corrected chi connectivity index (χ0v) is 13.3. The van der Waals surface area contributed by atoms with Gasteiger partial charge in [-0.15, -0.1) is 0 Å². The van der Waals surface area contributed by atoms with Crippen LogP contribution in [0.2, 0.25) is 0 Å². The Bertz CT molecular complexity index is 675. The van der Waals surface area contributed by atoms with Crippen molar-refractivity contribution in [1.29, 1.82) is 5.26 Å². The maximum atomic E-state index is 11.4. The Balaban J connectivity index is 2.05. The number of anilines is 1. The predicted octanol–water partition coefficient (Wildman–Crippen LogP) is 2.03. The number of nitriles is 1. The molecule has 2 N–H and O–H groups in total. The first kappa shape index (κ1) is 15.8. The molecule has 0 amide bonds. The van der Waals surface area contributed by atoms with Crippen molar-refractivity contribution in [2.75, 3.05) is 18.0 Å². The summed E-state index contributed by atoms with van der Waals surface area (Å²) in [5, 5.41) is 14.2. The molecule has 1 aliphatic heterocycles. The average molecular weight is 307 g/mol. The van der Waals surface area contributed by atoms with Crippen molar-refractivity contribution in [2.45, 2.75) is 38.0 Å². The van der Waals surface area contributed by atoms with Crippen LogP contribution in [-0.4, -0.2) is 21.5 Å². The molecule has 21 heavy (non-hydrogen) atoms. The molecule has 0 aliphatic carbocycles. The monoisotopic (exact) mass is 307 g/mol. The molecule has 6 heteroatoms. The van der Waals surface area contributed by atoms with Crippen LogP contribution < -0.4 is 10.0 Å². The maximum absolute atomic E-state index is 11.4. The molecular formula is C15H21N3O2S. The highest BCUT2D eigenvalue weighted by Crippen LogP contribution is 2.31. The largest absolute Gasteiger partial charge is 0.371 e. The second kappa shape index (κ2) is 5.66. The van der Waals surface area contributed by atoms with Crippen LogP contribution in [0.1, 0.15) is 32.3 Å². The summed E-state index contributed by atoms with van der Waals surface area (Å²) in [5.74, 6) is 0. The minimum Gasteiger partial charge on any atom is -0.371 e. The SMILES string of the molecule is CC(C)(C#N)CCCN1CCc2cc(S(N)(=O)=O)ccc21. The van der Waals surface area contributed by atoms with Crippen LogP contribution in [0, 0.1) is 16.7 Å². The van der Waals surface area contributed by atoms with Crippen molar-refractivity contribution in [3.8, 4) is 6.07 Å². The van der Waals surface area contributed by atoms with Crippen LogP contribution in [0.3, 0.4) is 0 Å². The Morgan fingerprint density at radius 3 is 2.76 bits per heavy atom. The molecule has 1 heterocycles. The molecule has 0 spiro atoms. The Morgan fingerprint density at radius 2 is 2.14 bits per heavy atom. The number of nitrogens with two attached hydrogens (primary N) is 1. The molecule has 114 valence electrons. The normalized spacial score (nSPS) is 14.9. The van der Waals surface area contributed by atoms with Crippen LogP contribution >= 0.6 is 0 Å². The van der Waals surface area contributed by atoms with Crippen LogP contribution in [0.15, 0.2) is 23.1 Å². The zero-order chi connectivity index (χ0) is 15.7. The standard InChI is InChI=1S/C15H21N3O2S/c1-15(2,11-16)7-3-8-18-9-6-12-10-13(21(17,19)20)4-5-14(12)18/h4-5,10H,3,6-9H2,1-2H3,(H2,17,19,20). The Hall–Kier alpha value is -1.58. The van der Waals surface area contributed by atoms with E-state index in [0.717, 1.165) is 43.6 Å². The first-order valence-electron chi connectivity index (χ1n) is 7.05. The number of rotatable bonds is 5. The fourth-order valence-corrected chi connectivity index (χ4v) is 3.19. The van der Waals surface area contributed by atoms with E-state index < -0.39 is 10.0 Å². The summed E-state index contributed by atoms with van der Waals surface area (Å²) in [6, 6.07) is 7.37. The van der Waals surface area contributed by atoms with Crippen molar-refractivity contribution in [3.63, 3.8) is 0 Å². The zero-order valence-electron chi connectivity index (χ0n) is 12.5. The first-order valence-corrected chi connectivity index (χ1v) is 8.59. The Kier molecular flexibility index (Phi) is 4.26. The highest BCUT2D eigenvalue weighted by atomic mass is 32.2. The van der Waals surface area contributed by atoms with Crippen molar-refractivity contribution in [1.82, 2.24) is 0 Å². The van der Waals surface area contributed by atoms with E-state index in [4.69, 9.17) is 10.4 Å². The minimum absolute atomic E-state index is 0.175. The van der Waals surface area contributed by atoms with Gasteiger partial charge >= 0.3 is 0 Å². The van der Waals surface area contributed by atoms with Gasteiger partial charge in [0.2, 0.25) is 10.0 Å². The second-order valence-electron chi connectivity index (χ2n) is 6.17. The van der Waals surface area contributed by atoms with Crippen LogP contribution in [0.4, 0.5) is 5.69 Å². The fourth-order valence-electron chi connectivity index (χ4n) is 2.62. The van der Waals surface area contributed by atoms with E-state index >= 15 is 0 Å². The third-order valence-corrected chi connectivity index (χ3v) is 4.81. The molecular weight excluding hydrogens is 286 g/mol. The lowest BCUT2D eigenvalue weighted by atomic mass is 9.90. The minimum atomic E-state index is -3.64. The van der Waals surface area contributed by atoms with Crippen molar-refractivity contribution in [3.05, 3.63) is 23.8 Å². The van der Waals surface area contributed by atoms with Crippen LogP contribution in [-0.2, 0) is 16.4 Å². The number of sulfonamides is 1. The average Bonchev–Trinajstić information content (AvgIpc) is 2.80. The Morgan fingerprint density at radius 1 is 1.43 bits per heavy atom. The van der Waals surface area contributed by atoms with Crippen LogP contribution in [0.25, 0.3) is 0 Å². The van der Waals surface area contributed by atoms with Gasteiger partial charge < -0.3 is 4.90 Å². The molecule has 2 rings (SSSR count). The van der Waals surface area contributed by atoms with Gasteiger partial charge in [-0.25, -0.2) is 13.6 Å². The van der Waals surface area contributed by atoms with E-state index in [1.807, 2.05) is 19.9 Å². The number of benzene rings is 1. The summed E-state index contributed by atoms with van der Waals surface area (Å²) in [7, 11) is -3.64. The van der Waals surface area contributed by atoms with Gasteiger partial charge in [-0.2, -0.15) is 5.26 Å². The van der Waals surface area contributed by atoms with E-state index in [1.165, 1.54) is 0 Å². The number of fused-ring (bicyclic) bond motifs is 1. The molecule has 0 saturated carbocycles. The lowest BCUT2D eigenvalue weighted by Crippen LogP contribution is -2.23. The van der Waals surface area contributed by atoms with Gasteiger partial charge in [-0.3, -0.25) is 0 Å². The number of hydrogen-bond acceptors (Lipinski definition) is 4. The lowest BCUT2D eigenvalue weighted by molar-refractivity contribution is 0.435. The molecule has 0 radical (unpaired) electrons. The topological polar surface area (TPSA) is 87.2 Å². The van der Waals surface area contributed by atoms with E-state index in [0.29, 0.717) is 0 Å². The third-order valence-electron chi connectivity index (χ3n) is 3.90. The molecule has 1 aromatic rings. The van der Waals surface area contributed by atoms with Crippen LogP contribution in [0.5, 0.6) is 0 Å². The third kappa shape index (κ3) is 3.74. The van der Waals surface area contributed by atoms with Gasteiger partial charge in [0.05, 0.1) is 16.4 Å². The summed E-state index contributed by atoms with van der Waals surface area (Å²) in [6.07, 6.45) is 2.63. The fraction of sp³-hybridized carbons (Fsp3) is 0.533. The molecule has 0 unspecified atom stereocenters. The van der Waals surface area contributed by atoms with Gasteiger partial charge in [0, 0.05) is 18.8 Å². The van der Waals surface area contributed by atoms with E-state index in [2.05, 4.69) is 11.0 Å². The van der Waals surface area contributed by atoms with E-state index in [-0.39, 0.29) is 10.3 Å². The highest BCUT2D eigenvalue weighted by Gasteiger charge is 2.22. The van der Waals surface area contributed by atoms with Gasteiger partial charge in [0.1, 0.15) is 0 Å². The first-order chi connectivity index (χ1) is 9.73. The summed E-state index contributed by atoms with van der Waals surface area (Å²) in [6.45, 7) is 5.66. The smallest absolute Gasteiger partial charge is 0.238 e. The van der Waals surface area contributed by atoms with Crippen molar-refractivity contribution in [2.24, 2.45) is 10.6 Å². The van der Waals surface area contributed by atoms with Gasteiger partial charge in [-0.05, 0) is 56.9 Å². The van der Waals surface area contributed by atoms with Gasteiger partial charge in [-0.1, -0.05) is 0 Å². The molecule has 0 atom stereocenters. The molecule has 0 saturated heterocycles.